The quantitative estimate of drug-likeness (QED) is 0.316. The first-order valence-electron chi connectivity index (χ1n) is 8.24. The summed E-state index contributed by atoms with van der Waals surface area (Å²) in [5.74, 6) is 1.77. The van der Waals surface area contributed by atoms with Gasteiger partial charge >= 0.3 is 0 Å². The second-order valence-electron chi connectivity index (χ2n) is 6.02. The van der Waals surface area contributed by atoms with Crippen molar-refractivity contribution in [2.75, 3.05) is 11.2 Å². The molecule has 3 rings (SSSR count). The van der Waals surface area contributed by atoms with Crippen molar-refractivity contribution in [1.29, 1.82) is 0 Å². The molecule has 128 valence electrons. The molecule has 1 aromatic heterocycles. The van der Waals surface area contributed by atoms with Crippen molar-refractivity contribution in [2.24, 2.45) is 11.0 Å². The highest BCUT2D eigenvalue weighted by molar-refractivity contribution is 7.99. The van der Waals surface area contributed by atoms with Crippen molar-refractivity contribution in [1.82, 2.24) is 4.98 Å². The van der Waals surface area contributed by atoms with Gasteiger partial charge in [-0.25, -0.2) is 4.98 Å². The minimum Gasteiger partial charge on any atom is -0.253 e. The van der Waals surface area contributed by atoms with Gasteiger partial charge in [0.2, 0.25) is 5.13 Å². The molecule has 0 aliphatic carbocycles. The Morgan fingerprint density at radius 3 is 2.68 bits per heavy atom. The summed E-state index contributed by atoms with van der Waals surface area (Å²) < 4.78 is 0. The molecule has 0 aliphatic rings. The number of hydrogen-bond donors (Lipinski definition) is 1. The van der Waals surface area contributed by atoms with Crippen molar-refractivity contribution in [3.8, 4) is 11.3 Å². The Bertz CT molecular complexity index is 826. The summed E-state index contributed by atoms with van der Waals surface area (Å²) in [4.78, 5) is 5.84. The van der Waals surface area contributed by atoms with E-state index in [0.29, 0.717) is 5.92 Å². The maximum atomic E-state index is 4.58. The van der Waals surface area contributed by atoms with Crippen LogP contribution in [0.5, 0.6) is 0 Å². The number of nitrogens with zero attached hydrogens (tertiary/aromatic N) is 2. The summed E-state index contributed by atoms with van der Waals surface area (Å²) >= 11 is 3.43. The summed E-state index contributed by atoms with van der Waals surface area (Å²) in [5.41, 5.74) is 6.25. The van der Waals surface area contributed by atoms with E-state index in [1.165, 1.54) is 4.90 Å². The van der Waals surface area contributed by atoms with Crippen molar-refractivity contribution in [3.63, 3.8) is 0 Å². The third kappa shape index (κ3) is 5.18. The minimum absolute atomic E-state index is 0.667. The Morgan fingerprint density at radius 1 is 1.12 bits per heavy atom. The second kappa shape index (κ2) is 8.83. The van der Waals surface area contributed by atoms with Crippen LogP contribution in [0.15, 0.2) is 70.0 Å². The Morgan fingerprint density at radius 2 is 1.88 bits per heavy atom. The van der Waals surface area contributed by atoms with Crippen LogP contribution >= 0.6 is 23.1 Å². The molecule has 1 heterocycles. The topological polar surface area (TPSA) is 37.3 Å². The van der Waals surface area contributed by atoms with E-state index < -0.39 is 0 Å². The molecule has 0 saturated carbocycles. The van der Waals surface area contributed by atoms with Gasteiger partial charge in [-0.15, -0.1) is 23.1 Å². The van der Waals surface area contributed by atoms with Gasteiger partial charge in [-0.05, 0) is 12.0 Å². The molecule has 0 fully saturated rings. The standard InChI is InChI=1S/C20H21N3S2/c1-15(2)13-24-19-11-7-6-10-17(19)12-21-23-20-22-18(14-25-20)16-8-4-3-5-9-16/h3-12,14-15H,13H2,1-2H3,(H,22,23). The van der Waals surface area contributed by atoms with Gasteiger partial charge in [0, 0.05) is 27.2 Å². The largest absolute Gasteiger partial charge is 0.253 e. The Balaban J connectivity index is 1.65. The molecule has 25 heavy (non-hydrogen) atoms. The number of thioether (sulfide) groups is 1. The smallest absolute Gasteiger partial charge is 0.203 e. The van der Waals surface area contributed by atoms with Gasteiger partial charge in [-0.2, -0.15) is 5.10 Å². The highest BCUT2D eigenvalue weighted by Gasteiger charge is 2.04. The van der Waals surface area contributed by atoms with E-state index in [0.717, 1.165) is 27.7 Å². The molecule has 5 heteroatoms. The van der Waals surface area contributed by atoms with E-state index in [-0.39, 0.29) is 0 Å². The molecule has 0 bridgehead atoms. The van der Waals surface area contributed by atoms with Crippen LogP contribution < -0.4 is 5.43 Å². The van der Waals surface area contributed by atoms with Gasteiger partial charge in [-0.1, -0.05) is 62.4 Å². The fraction of sp³-hybridized carbons (Fsp3) is 0.200. The van der Waals surface area contributed by atoms with Crippen LogP contribution in [0.4, 0.5) is 5.13 Å². The molecule has 0 saturated heterocycles. The third-order valence-corrected chi connectivity index (χ3v) is 5.69. The predicted molar refractivity (Wildman–Crippen MR) is 111 cm³/mol. The summed E-state index contributed by atoms with van der Waals surface area (Å²) in [5, 5.41) is 7.20. The van der Waals surface area contributed by atoms with Crippen molar-refractivity contribution in [3.05, 3.63) is 65.5 Å². The van der Waals surface area contributed by atoms with Gasteiger partial charge in [0.05, 0.1) is 11.9 Å². The number of benzene rings is 2. The molecule has 0 unspecified atom stereocenters. The first-order valence-corrected chi connectivity index (χ1v) is 10.1. The molecule has 1 N–H and O–H groups in total. The second-order valence-corrected chi connectivity index (χ2v) is 7.94. The zero-order valence-corrected chi connectivity index (χ0v) is 16.0. The lowest BCUT2D eigenvalue weighted by molar-refractivity contribution is 0.750. The SMILES string of the molecule is CC(C)CSc1ccccc1C=NNc1nc(-c2ccccc2)cs1. The molecule has 3 nitrogen and oxygen atoms in total. The Kier molecular flexibility index (Phi) is 6.25. The average molecular weight is 368 g/mol. The zero-order chi connectivity index (χ0) is 17.5. The molecular formula is C20H21N3S2. The Labute approximate surface area is 157 Å². The normalized spacial score (nSPS) is 11.3. The number of rotatable bonds is 7. The maximum absolute atomic E-state index is 4.58. The van der Waals surface area contributed by atoms with E-state index in [9.17, 15) is 0 Å². The van der Waals surface area contributed by atoms with Gasteiger partial charge in [0.15, 0.2) is 0 Å². The summed E-state index contributed by atoms with van der Waals surface area (Å²) in [6.45, 7) is 4.47. The van der Waals surface area contributed by atoms with Crippen LogP contribution in [-0.4, -0.2) is 17.0 Å². The zero-order valence-electron chi connectivity index (χ0n) is 14.3. The number of thiazole rings is 1. The maximum Gasteiger partial charge on any atom is 0.203 e. The predicted octanol–water partition coefficient (Wildman–Crippen LogP) is 6.00. The molecule has 2 aromatic carbocycles. The van der Waals surface area contributed by atoms with Gasteiger partial charge in [0.25, 0.3) is 0 Å². The lowest BCUT2D eigenvalue weighted by Gasteiger charge is -2.07. The molecule has 0 aliphatic heterocycles. The molecular weight excluding hydrogens is 346 g/mol. The number of hydrazone groups is 1. The first-order chi connectivity index (χ1) is 12.2. The van der Waals surface area contributed by atoms with E-state index in [1.807, 2.05) is 47.6 Å². The Hall–Kier alpha value is -2.11. The van der Waals surface area contributed by atoms with Crippen molar-refractivity contribution in [2.45, 2.75) is 18.7 Å². The molecule has 0 amide bonds. The van der Waals surface area contributed by atoms with Gasteiger partial charge in [-0.3, -0.25) is 5.43 Å². The average Bonchev–Trinajstić information content (AvgIpc) is 3.10. The van der Waals surface area contributed by atoms with E-state index in [4.69, 9.17) is 0 Å². The summed E-state index contributed by atoms with van der Waals surface area (Å²) in [7, 11) is 0. The van der Waals surface area contributed by atoms with Gasteiger partial charge < -0.3 is 0 Å². The number of aromatic nitrogens is 1. The fourth-order valence-electron chi connectivity index (χ4n) is 2.20. The summed E-state index contributed by atoms with van der Waals surface area (Å²) in [6.07, 6.45) is 1.87. The van der Waals surface area contributed by atoms with Gasteiger partial charge in [0.1, 0.15) is 0 Å². The monoisotopic (exact) mass is 367 g/mol. The minimum atomic E-state index is 0.667. The number of anilines is 1. The van der Waals surface area contributed by atoms with Crippen molar-refractivity contribution >= 4 is 34.4 Å². The third-order valence-electron chi connectivity index (χ3n) is 3.43. The van der Waals surface area contributed by atoms with Crippen LogP contribution in [0.25, 0.3) is 11.3 Å². The molecule has 0 atom stereocenters. The van der Waals surface area contributed by atoms with Crippen LogP contribution in [0.3, 0.4) is 0 Å². The lowest BCUT2D eigenvalue weighted by Crippen LogP contribution is -1.94. The van der Waals surface area contributed by atoms with E-state index in [1.54, 1.807) is 11.3 Å². The van der Waals surface area contributed by atoms with E-state index >= 15 is 0 Å². The molecule has 0 spiro atoms. The fourth-order valence-corrected chi connectivity index (χ4v) is 3.84. The van der Waals surface area contributed by atoms with E-state index in [2.05, 4.69) is 59.7 Å². The summed E-state index contributed by atoms with van der Waals surface area (Å²) in [6, 6.07) is 18.5. The van der Waals surface area contributed by atoms with Crippen LogP contribution in [0, 0.1) is 5.92 Å². The van der Waals surface area contributed by atoms with Crippen molar-refractivity contribution < 1.29 is 0 Å². The van der Waals surface area contributed by atoms with Crippen LogP contribution in [-0.2, 0) is 0 Å². The molecule has 3 aromatic rings. The number of hydrogen-bond acceptors (Lipinski definition) is 5. The molecule has 0 radical (unpaired) electrons. The highest BCUT2D eigenvalue weighted by atomic mass is 32.2. The van der Waals surface area contributed by atoms with Crippen LogP contribution in [0.1, 0.15) is 19.4 Å². The van der Waals surface area contributed by atoms with Crippen LogP contribution in [0.2, 0.25) is 0 Å². The first kappa shape index (κ1) is 17.7. The number of nitrogens with one attached hydrogen (secondary N) is 1. The lowest BCUT2D eigenvalue weighted by atomic mass is 10.2. The highest BCUT2D eigenvalue weighted by Crippen LogP contribution is 2.25.